The number of hydrogen-bond donors (Lipinski definition) is 1. The maximum Gasteiger partial charge on any atom is 0.134 e. The lowest BCUT2D eigenvalue weighted by molar-refractivity contribution is -0.154. The van der Waals surface area contributed by atoms with Gasteiger partial charge >= 0.3 is 0 Å². The second-order valence-electron chi connectivity index (χ2n) is 2.75. The van der Waals surface area contributed by atoms with Crippen LogP contribution in [0.15, 0.2) is 0 Å². The summed E-state index contributed by atoms with van der Waals surface area (Å²) in [6, 6.07) is 0. The molecule has 0 saturated carbocycles. The van der Waals surface area contributed by atoms with Crippen LogP contribution in [-0.4, -0.2) is 55.8 Å². The molecule has 1 N–H and O–H groups in total. The van der Waals surface area contributed by atoms with Crippen molar-refractivity contribution in [1.82, 2.24) is 4.90 Å². The fourth-order valence-corrected chi connectivity index (χ4v) is 1.32. The molecule has 4 heteroatoms. The molecule has 0 aliphatic carbocycles. The summed E-state index contributed by atoms with van der Waals surface area (Å²) in [4.78, 5) is 2.07. The van der Waals surface area contributed by atoms with Crippen LogP contribution in [0.25, 0.3) is 0 Å². The van der Waals surface area contributed by atoms with Gasteiger partial charge in [-0.15, -0.1) is 0 Å². The van der Waals surface area contributed by atoms with Gasteiger partial charge in [0.1, 0.15) is 6.23 Å². The van der Waals surface area contributed by atoms with E-state index in [1.807, 2.05) is 6.92 Å². The Labute approximate surface area is 73.1 Å². The van der Waals surface area contributed by atoms with E-state index in [1.54, 1.807) is 0 Å². The van der Waals surface area contributed by atoms with Gasteiger partial charge in [0.25, 0.3) is 0 Å². The average molecular weight is 175 g/mol. The van der Waals surface area contributed by atoms with Gasteiger partial charge in [-0.05, 0) is 6.54 Å². The first-order valence-corrected chi connectivity index (χ1v) is 4.42. The molecule has 0 bridgehead atoms. The highest BCUT2D eigenvalue weighted by molar-refractivity contribution is 4.63. The van der Waals surface area contributed by atoms with Crippen molar-refractivity contribution in [2.45, 2.75) is 13.2 Å². The molecule has 1 fully saturated rings. The summed E-state index contributed by atoms with van der Waals surface area (Å²) in [5.74, 6) is 0. The standard InChI is InChI=1S/C8H17NO3/c1-2-9(3-4-10)8-7-11-5-6-12-8/h8,10H,2-7H2,1H3. The Bertz CT molecular complexity index is 112. The molecular weight excluding hydrogens is 158 g/mol. The van der Waals surface area contributed by atoms with Crippen molar-refractivity contribution in [3.63, 3.8) is 0 Å². The molecular formula is C8H17NO3. The average Bonchev–Trinajstić information content (AvgIpc) is 2.15. The molecule has 0 radical (unpaired) electrons. The molecule has 0 aromatic heterocycles. The van der Waals surface area contributed by atoms with Crippen molar-refractivity contribution in [3.05, 3.63) is 0 Å². The Morgan fingerprint density at radius 3 is 2.83 bits per heavy atom. The topological polar surface area (TPSA) is 41.9 Å². The summed E-state index contributed by atoms with van der Waals surface area (Å²) in [6.07, 6.45) is 0.0379. The van der Waals surface area contributed by atoms with Crippen molar-refractivity contribution >= 4 is 0 Å². The van der Waals surface area contributed by atoms with Gasteiger partial charge in [-0.2, -0.15) is 0 Å². The number of nitrogens with zero attached hydrogens (tertiary/aromatic N) is 1. The summed E-state index contributed by atoms with van der Waals surface area (Å²) < 4.78 is 10.7. The molecule has 1 rings (SSSR count). The van der Waals surface area contributed by atoms with E-state index < -0.39 is 0 Å². The van der Waals surface area contributed by atoms with Crippen LogP contribution in [0, 0.1) is 0 Å². The molecule has 1 saturated heterocycles. The van der Waals surface area contributed by atoms with Gasteiger partial charge < -0.3 is 14.6 Å². The number of aliphatic hydroxyl groups excluding tert-OH is 1. The van der Waals surface area contributed by atoms with Crippen LogP contribution in [0.1, 0.15) is 6.92 Å². The normalized spacial score (nSPS) is 24.8. The zero-order valence-corrected chi connectivity index (χ0v) is 7.53. The zero-order valence-electron chi connectivity index (χ0n) is 7.53. The van der Waals surface area contributed by atoms with Crippen molar-refractivity contribution in [2.75, 3.05) is 39.5 Å². The minimum atomic E-state index is 0.0379. The lowest BCUT2D eigenvalue weighted by Crippen LogP contribution is -2.45. The van der Waals surface area contributed by atoms with Crippen LogP contribution in [0.2, 0.25) is 0 Å². The van der Waals surface area contributed by atoms with Gasteiger partial charge in [0.2, 0.25) is 0 Å². The van der Waals surface area contributed by atoms with Crippen LogP contribution >= 0.6 is 0 Å². The third kappa shape index (κ3) is 2.71. The molecule has 0 aromatic carbocycles. The quantitative estimate of drug-likeness (QED) is 0.635. The Morgan fingerprint density at radius 2 is 2.33 bits per heavy atom. The molecule has 1 aliphatic rings. The number of likely N-dealkylation sites (N-methyl/N-ethyl adjacent to an activating group) is 1. The monoisotopic (exact) mass is 175 g/mol. The Morgan fingerprint density at radius 1 is 1.50 bits per heavy atom. The van der Waals surface area contributed by atoms with E-state index in [9.17, 15) is 0 Å². The predicted octanol–water partition coefficient (Wildman–Crippen LogP) is -0.327. The second-order valence-corrected chi connectivity index (χ2v) is 2.75. The van der Waals surface area contributed by atoms with Crippen molar-refractivity contribution in [2.24, 2.45) is 0 Å². The zero-order chi connectivity index (χ0) is 8.81. The van der Waals surface area contributed by atoms with E-state index in [2.05, 4.69) is 4.90 Å². The van der Waals surface area contributed by atoms with E-state index in [1.165, 1.54) is 0 Å². The molecule has 12 heavy (non-hydrogen) atoms. The Balaban J connectivity index is 2.29. The van der Waals surface area contributed by atoms with Crippen LogP contribution in [0.4, 0.5) is 0 Å². The van der Waals surface area contributed by atoms with Gasteiger partial charge in [0.05, 0.1) is 26.4 Å². The van der Waals surface area contributed by atoms with Crippen LogP contribution < -0.4 is 0 Å². The Kier molecular flexibility index (Phi) is 4.53. The van der Waals surface area contributed by atoms with E-state index >= 15 is 0 Å². The van der Waals surface area contributed by atoms with E-state index in [0.29, 0.717) is 26.4 Å². The second kappa shape index (κ2) is 5.48. The summed E-state index contributed by atoms with van der Waals surface area (Å²) in [5.41, 5.74) is 0. The van der Waals surface area contributed by atoms with Crippen LogP contribution in [0.3, 0.4) is 0 Å². The molecule has 1 unspecified atom stereocenters. The van der Waals surface area contributed by atoms with Gasteiger partial charge in [-0.25, -0.2) is 0 Å². The fourth-order valence-electron chi connectivity index (χ4n) is 1.32. The number of aliphatic hydroxyl groups is 1. The molecule has 0 amide bonds. The van der Waals surface area contributed by atoms with E-state index in [-0.39, 0.29) is 12.8 Å². The fraction of sp³-hybridized carbons (Fsp3) is 1.00. The smallest absolute Gasteiger partial charge is 0.134 e. The van der Waals surface area contributed by atoms with Gasteiger partial charge in [-0.3, -0.25) is 4.90 Å². The van der Waals surface area contributed by atoms with E-state index in [4.69, 9.17) is 14.6 Å². The largest absolute Gasteiger partial charge is 0.395 e. The van der Waals surface area contributed by atoms with Crippen molar-refractivity contribution < 1.29 is 14.6 Å². The first kappa shape index (κ1) is 9.92. The highest BCUT2D eigenvalue weighted by Gasteiger charge is 2.20. The number of hydrogen-bond acceptors (Lipinski definition) is 4. The minimum Gasteiger partial charge on any atom is -0.395 e. The molecule has 1 aliphatic heterocycles. The number of ether oxygens (including phenoxy) is 2. The highest BCUT2D eigenvalue weighted by Crippen LogP contribution is 2.05. The highest BCUT2D eigenvalue weighted by atomic mass is 16.6. The molecule has 4 nitrogen and oxygen atoms in total. The first-order chi connectivity index (χ1) is 5.88. The lowest BCUT2D eigenvalue weighted by Gasteiger charge is -2.32. The SMILES string of the molecule is CCN(CCO)C1COCCO1. The third-order valence-corrected chi connectivity index (χ3v) is 2.00. The summed E-state index contributed by atoms with van der Waals surface area (Å²) in [6.45, 7) is 5.73. The molecule has 0 aromatic rings. The molecule has 1 atom stereocenters. The lowest BCUT2D eigenvalue weighted by atomic mass is 10.4. The van der Waals surface area contributed by atoms with Gasteiger partial charge in [-0.1, -0.05) is 6.92 Å². The molecule has 1 heterocycles. The predicted molar refractivity (Wildman–Crippen MR) is 44.9 cm³/mol. The Hall–Kier alpha value is -0.160. The minimum absolute atomic E-state index is 0.0379. The van der Waals surface area contributed by atoms with Gasteiger partial charge in [0, 0.05) is 6.54 Å². The van der Waals surface area contributed by atoms with Crippen molar-refractivity contribution in [1.29, 1.82) is 0 Å². The van der Waals surface area contributed by atoms with E-state index in [0.717, 1.165) is 6.54 Å². The first-order valence-electron chi connectivity index (χ1n) is 4.42. The molecule has 72 valence electrons. The maximum atomic E-state index is 8.76. The van der Waals surface area contributed by atoms with Crippen LogP contribution in [0.5, 0.6) is 0 Å². The third-order valence-electron chi connectivity index (χ3n) is 2.00. The van der Waals surface area contributed by atoms with Crippen LogP contribution in [-0.2, 0) is 9.47 Å². The summed E-state index contributed by atoms with van der Waals surface area (Å²) in [5, 5.41) is 8.76. The maximum absolute atomic E-state index is 8.76. The summed E-state index contributed by atoms with van der Waals surface area (Å²) >= 11 is 0. The van der Waals surface area contributed by atoms with Crippen molar-refractivity contribution in [3.8, 4) is 0 Å². The summed E-state index contributed by atoms with van der Waals surface area (Å²) in [7, 11) is 0. The number of rotatable bonds is 4. The molecule has 0 spiro atoms. The van der Waals surface area contributed by atoms with Gasteiger partial charge in [0.15, 0.2) is 0 Å².